The summed E-state index contributed by atoms with van der Waals surface area (Å²) in [6.45, 7) is 2.09. The van der Waals surface area contributed by atoms with E-state index in [2.05, 4.69) is 21.9 Å². The lowest BCUT2D eigenvalue weighted by Gasteiger charge is -2.22. The molecule has 0 fully saturated rings. The summed E-state index contributed by atoms with van der Waals surface area (Å²) in [4.78, 5) is 2.21. The van der Waals surface area contributed by atoms with Gasteiger partial charge in [-0.1, -0.05) is 0 Å². The van der Waals surface area contributed by atoms with Crippen molar-refractivity contribution in [2.75, 3.05) is 49.3 Å². The number of nitrogens with zero attached hydrogens (tertiary/aromatic N) is 2. The monoisotopic (exact) mass is 443 g/mol. The predicted octanol–water partition coefficient (Wildman–Crippen LogP) is 3.31. The fourth-order valence-corrected chi connectivity index (χ4v) is 3.74. The van der Waals surface area contributed by atoms with Crippen molar-refractivity contribution in [2.24, 2.45) is 0 Å². The van der Waals surface area contributed by atoms with Crippen LogP contribution in [0.5, 0.6) is 34.5 Å². The fraction of sp³-hybridized carbons (Fsp3) is 0.375. The second-order valence-electron chi connectivity index (χ2n) is 7.19. The first kappa shape index (κ1) is 23.1. The van der Waals surface area contributed by atoms with E-state index < -0.39 is 0 Å². The van der Waals surface area contributed by atoms with E-state index in [1.165, 1.54) is 0 Å². The third kappa shape index (κ3) is 5.01. The molecule has 0 aromatic heterocycles. The van der Waals surface area contributed by atoms with Gasteiger partial charge in [0.1, 0.15) is 0 Å². The smallest absolute Gasteiger partial charge is 0.218 e. The van der Waals surface area contributed by atoms with Gasteiger partial charge >= 0.3 is 0 Å². The molecule has 3 rings (SSSR count). The maximum absolute atomic E-state index is 5.48. The number of methoxy groups -OCH3 is 6. The van der Waals surface area contributed by atoms with Crippen LogP contribution in [-0.4, -0.2) is 65.0 Å². The Labute approximate surface area is 189 Å². The molecule has 0 atom stereocenters. The second-order valence-corrected chi connectivity index (χ2v) is 7.19. The van der Waals surface area contributed by atoms with Gasteiger partial charge in [-0.25, -0.2) is 4.58 Å². The highest BCUT2D eigenvalue weighted by Crippen LogP contribution is 2.39. The maximum atomic E-state index is 5.48. The Morgan fingerprint density at radius 1 is 0.688 bits per heavy atom. The molecule has 0 radical (unpaired) electrons. The topological polar surface area (TPSA) is 61.6 Å². The van der Waals surface area contributed by atoms with Crippen LogP contribution in [-0.2, 0) is 13.1 Å². The van der Waals surface area contributed by atoms with Gasteiger partial charge in [-0.15, -0.1) is 0 Å². The van der Waals surface area contributed by atoms with Crippen molar-refractivity contribution in [1.82, 2.24) is 4.90 Å². The van der Waals surface area contributed by atoms with Gasteiger partial charge in [0.2, 0.25) is 18.2 Å². The third-order valence-corrected chi connectivity index (χ3v) is 5.18. The van der Waals surface area contributed by atoms with Gasteiger partial charge in [-0.2, -0.15) is 0 Å². The molecule has 8 nitrogen and oxygen atoms in total. The second kappa shape index (κ2) is 10.7. The first-order valence-corrected chi connectivity index (χ1v) is 10.1. The highest BCUT2D eigenvalue weighted by atomic mass is 16.5. The van der Waals surface area contributed by atoms with Crippen LogP contribution in [0.2, 0.25) is 0 Å². The summed E-state index contributed by atoms with van der Waals surface area (Å²) in [5.41, 5.74) is 2.11. The Morgan fingerprint density at radius 2 is 1.16 bits per heavy atom. The predicted molar refractivity (Wildman–Crippen MR) is 122 cm³/mol. The molecule has 8 heteroatoms. The Balaban J connectivity index is 1.76. The van der Waals surface area contributed by atoms with Gasteiger partial charge < -0.3 is 33.3 Å². The molecule has 0 amide bonds. The number of hydrogen-bond acceptors (Lipinski definition) is 7. The Kier molecular flexibility index (Phi) is 7.70. The van der Waals surface area contributed by atoms with Crippen LogP contribution < -0.4 is 28.4 Å². The lowest BCUT2D eigenvalue weighted by molar-refractivity contribution is -0.559. The molecule has 0 saturated carbocycles. The minimum atomic E-state index is 0.588. The van der Waals surface area contributed by atoms with E-state index in [4.69, 9.17) is 28.4 Å². The number of hydrogen-bond donors (Lipinski definition) is 0. The van der Waals surface area contributed by atoms with Crippen LogP contribution >= 0.6 is 0 Å². The van der Waals surface area contributed by atoms with Crippen LogP contribution in [0.15, 0.2) is 36.5 Å². The molecule has 1 aliphatic rings. The Hall–Kier alpha value is -3.55. The molecular formula is C24H31N2O6+. The third-order valence-electron chi connectivity index (χ3n) is 5.18. The summed E-state index contributed by atoms with van der Waals surface area (Å²) in [5.74, 6) is 3.75. The summed E-state index contributed by atoms with van der Waals surface area (Å²) in [6, 6.07) is 7.88. The van der Waals surface area contributed by atoms with E-state index >= 15 is 0 Å². The van der Waals surface area contributed by atoms with Gasteiger partial charge in [-0.3, -0.25) is 0 Å². The zero-order valence-corrected chi connectivity index (χ0v) is 19.5. The molecular weight excluding hydrogens is 412 g/mol. The average Bonchev–Trinajstić information content (AvgIpc) is 2.82. The van der Waals surface area contributed by atoms with Crippen molar-refractivity contribution in [3.05, 3.63) is 47.7 Å². The standard InChI is InChI=1S/C24H31N2O6/c1-27-19-10-17(11-20(28-2)23(19)31-5)14-25-8-7-9-26(16-25)15-18-12-21(29-3)24(32-6)22(13-18)30-4/h7-13H,14-16H2,1-6H3/q+1. The SMILES string of the molecule is COc1cc(CN2C=CC=[N+](Cc3cc(OC)c(OC)c(OC)c3)C2)cc(OC)c1OC. The number of ether oxygens (including phenoxy) is 6. The molecule has 0 aliphatic carbocycles. The van der Waals surface area contributed by atoms with E-state index in [0.29, 0.717) is 54.3 Å². The first-order chi connectivity index (χ1) is 15.6. The van der Waals surface area contributed by atoms with Crippen LogP contribution in [0.3, 0.4) is 0 Å². The van der Waals surface area contributed by atoms with E-state index in [9.17, 15) is 0 Å². The molecule has 0 N–H and O–H groups in total. The lowest BCUT2D eigenvalue weighted by Crippen LogP contribution is -2.31. The zero-order chi connectivity index (χ0) is 23.1. The molecule has 0 bridgehead atoms. The molecule has 172 valence electrons. The highest BCUT2D eigenvalue weighted by Gasteiger charge is 2.20. The van der Waals surface area contributed by atoms with Crippen molar-refractivity contribution in [1.29, 1.82) is 0 Å². The van der Waals surface area contributed by atoms with Gasteiger partial charge in [0.25, 0.3) is 0 Å². The fourth-order valence-electron chi connectivity index (χ4n) is 3.74. The molecule has 0 unspecified atom stereocenters. The van der Waals surface area contributed by atoms with E-state index in [1.54, 1.807) is 42.7 Å². The quantitative estimate of drug-likeness (QED) is 0.522. The van der Waals surface area contributed by atoms with Crippen LogP contribution in [0.1, 0.15) is 11.1 Å². The van der Waals surface area contributed by atoms with Gasteiger partial charge in [0.05, 0.1) is 42.7 Å². The van der Waals surface area contributed by atoms with Gasteiger partial charge in [0, 0.05) is 24.4 Å². The van der Waals surface area contributed by atoms with Crippen LogP contribution in [0, 0.1) is 0 Å². The largest absolute Gasteiger partial charge is 0.493 e. The van der Waals surface area contributed by atoms with Crippen molar-refractivity contribution < 1.29 is 33.0 Å². The molecule has 0 spiro atoms. The van der Waals surface area contributed by atoms with E-state index in [-0.39, 0.29) is 0 Å². The number of benzene rings is 2. The summed E-state index contributed by atoms with van der Waals surface area (Å²) in [5, 5.41) is 0. The average molecular weight is 444 g/mol. The van der Waals surface area contributed by atoms with E-state index in [0.717, 1.165) is 11.1 Å². The molecule has 1 heterocycles. The highest BCUT2D eigenvalue weighted by molar-refractivity contribution is 5.66. The molecule has 2 aromatic carbocycles. The Bertz CT molecular complexity index is 952. The summed E-state index contributed by atoms with van der Waals surface area (Å²) in [7, 11) is 9.69. The normalized spacial score (nSPS) is 12.8. The summed E-state index contributed by atoms with van der Waals surface area (Å²) < 4.78 is 35.0. The van der Waals surface area contributed by atoms with Crippen molar-refractivity contribution in [3.8, 4) is 34.5 Å². The van der Waals surface area contributed by atoms with Crippen molar-refractivity contribution >= 4 is 6.21 Å². The minimum absolute atomic E-state index is 0.588. The maximum Gasteiger partial charge on any atom is 0.218 e. The van der Waals surface area contributed by atoms with Crippen molar-refractivity contribution in [3.63, 3.8) is 0 Å². The molecule has 0 saturated heterocycles. The van der Waals surface area contributed by atoms with Crippen molar-refractivity contribution in [2.45, 2.75) is 13.1 Å². The van der Waals surface area contributed by atoms with Gasteiger partial charge in [-0.05, 0) is 29.8 Å². The molecule has 32 heavy (non-hydrogen) atoms. The number of allylic oxidation sites excluding steroid dienone is 1. The first-order valence-electron chi connectivity index (χ1n) is 10.1. The summed E-state index contributed by atoms with van der Waals surface area (Å²) >= 11 is 0. The van der Waals surface area contributed by atoms with Crippen LogP contribution in [0.25, 0.3) is 0 Å². The molecule has 1 aliphatic heterocycles. The Morgan fingerprint density at radius 3 is 1.59 bits per heavy atom. The van der Waals surface area contributed by atoms with Gasteiger partial charge in [0.15, 0.2) is 35.8 Å². The van der Waals surface area contributed by atoms with E-state index in [1.807, 2.05) is 30.3 Å². The summed E-state index contributed by atoms with van der Waals surface area (Å²) in [6.07, 6.45) is 6.16. The zero-order valence-electron chi connectivity index (χ0n) is 19.5. The minimum Gasteiger partial charge on any atom is -0.493 e. The molecule has 2 aromatic rings. The number of rotatable bonds is 10. The lowest BCUT2D eigenvalue weighted by atomic mass is 10.1. The van der Waals surface area contributed by atoms with Crippen LogP contribution in [0.4, 0.5) is 0 Å².